The van der Waals surface area contributed by atoms with E-state index in [0.29, 0.717) is 12.1 Å². The Morgan fingerprint density at radius 2 is 1.94 bits per heavy atom. The van der Waals surface area contributed by atoms with Crippen molar-refractivity contribution in [1.29, 1.82) is 5.26 Å². The lowest BCUT2D eigenvalue weighted by Crippen LogP contribution is -2.00. The van der Waals surface area contributed by atoms with Gasteiger partial charge >= 0.3 is 0 Å². The molecule has 0 saturated carbocycles. The van der Waals surface area contributed by atoms with Crippen LogP contribution in [0.4, 0.5) is 5.82 Å². The van der Waals surface area contributed by atoms with Gasteiger partial charge in [-0.05, 0) is 29.8 Å². The Morgan fingerprint density at radius 1 is 1.12 bits per heavy atom. The van der Waals surface area contributed by atoms with Gasteiger partial charge < -0.3 is 5.32 Å². The van der Waals surface area contributed by atoms with Gasteiger partial charge in [0.15, 0.2) is 0 Å². The van der Waals surface area contributed by atoms with E-state index < -0.39 is 0 Å². The molecule has 1 aromatic heterocycles. The Balaban J connectivity index is 1.98. The summed E-state index contributed by atoms with van der Waals surface area (Å²) in [6.07, 6.45) is 1.75. The average molecular weight is 209 g/mol. The summed E-state index contributed by atoms with van der Waals surface area (Å²) in [5, 5.41) is 11.9. The first-order chi connectivity index (χ1) is 7.88. The van der Waals surface area contributed by atoms with Gasteiger partial charge in [-0.25, -0.2) is 4.98 Å². The fraction of sp³-hybridized carbons (Fsp3) is 0.0769. The largest absolute Gasteiger partial charge is 0.366 e. The van der Waals surface area contributed by atoms with Crippen LogP contribution in [0.25, 0.3) is 0 Å². The summed E-state index contributed by atoms with van der Waals surface area (Å²) in [6.45, 7) is 0.711. The third kappa shape index (κ3) is 2.58. The van der Waals surface area contributed by atoms with Gasteiger partial charge in [0.05, 0.1) is 11.6 Å². The van der Waals surface area contributed by atoms with Crippen LogP contribution in [0.5, 0.6) is 0 Å². The molecule has 16 heavy (non-hydrogen) atoms. The van der Waals surface area contributed by atoms with Crippen molar-refractivity contribution in [3.8, 4) is 6.07 Å². The van der Waals surface area contributed by atoms with Crippen LogP contribution in [-0.4, -0.2) is 4.98 Å². The van der Waals surface area contributed by atoms with Gasteiger partial charge in [-0.2, -0.15) is 5.26 Å². The van der Waals surface area contributed by atoms with E-state index in [4.69, 9.17) is 5.26 Å². The van der Waals surface area contributed by atoms with Gasteiger partial charge in [0.2, 0.25) is 0 Å². The number of nitrogens with zero attached hydrogens (tertiary/aromatic N) is 2. The topological polar surface area (TPSA) is 48.7 Å². The number of rotatable bonds is 3. The van der Waals surface area contributed by atoms with Crippen molar-refractivity contribution in [3.63, 3.8) is 0 Å². The maximum absolute atomic E-state index is 8.66. The zero-order valence-electron chi connectivity index (χ0n) is 8.72. The third-order valence-electron chi connectivity index (χ3n) is 2.22. The SMILES string of the molecule is N#Cc1ccc(CNc2ccccn2)cc1. The number of hydrogen-bond acceptors (Lipinski definition) is 3. The lowest BCUT2D eigenvalue weighted by atomic mass is 10.1. The Labute approximate surface area is 94.4 Å². The van der Waals surface area contributed by atoms with E-state index in [9.17, 15) is 0 Å². The van der Waals surface area contributed by atoms with Crippen molar-refractivity contribution in [2.45, 2.75) is 6.54 Å². The van der Waals surface area contributed by atoms with Crippen LogP contribution in [0.15, 0.2) is 48.7 Å². The molecule has 1 aromatic carbocycles. The minimum atomic E-state index is 0.682. The highest BCUT2D eigenvalue weighted by atomic mass is 15.0. The van der Waals surface area contributed by atoms with E-state index in [1.54, 1.807) is 6.20 Å². The molecule has 0 radical (unpaired) electrons. The lowest BCUT2D eigenvalue weighted by Gasteiger charge is -2.04. The molecule has 0 amide bonds. The molecule has 0 fully saturated rings. The molecule has 2 aromatic rings. The van der Waals surface area contributed by atoms with Crippen molar-refractivity contribution in [2.75, 3.05) is 5.32 Å². The monoisotopic (exact) mass is 209 g/mol. The first-order valence-corrected chi connectivity index (χ1v) is 5.02. The van der Waals surface area contributed by atoms with Crippen molar-refractivity contribution < 1.29 is 0 Å². The predicted molar refractivity (Wildman–Crippen MR) is 62.7 cm³/mol. The molecule has 0 aliphatic carbocycles. The van der Waals surface area contributed by atoms with E-state index in [1.165, 1.54) is 0 Å². The molecule has 0 unspecified atom stereocenters. The molecule has 0 aliphatic rings. The summed E-state index contributed by atoms with van der Waals surface area (Å²) in [5.74, 6) is 0.854. The van der Waals surface area contributed by atoms with Gasteiger partial charge in [-0.1, -0.05) is 18.2 Å². The molecule has 2 rings (SSSR count). The Bertz CT molecular complexity index is 483. The Morgan fingerprint density at radius 3 is 2.56 bits per heavy atom. The first-order valence-electron chi connectivity index (χ1n) is 5.02. The average Bonchev–Trinajstić information content (AvgIpc) is 2.38. The highest BCUT2D eigenvalue weighted by Gasteiger charge is 1.94. The third-order valence-corrected chi connectivity index (χ3v) is 2.22. The molecule has 0 aliphatic heterocycles. The molecule has 3 heteroatoms. The van der Waals surface area contributed by atoms with Gasteiger partial charge in [-0.3, -0.25) is 0 Å². The van der Waals surface area contributed by atoms with Crippen LogP contribution in [0, 0.1) is 11.3 Å². The second kappa shape index (κ2) is 4.94. The maximum Gasteiger partial charge on any atom is 0.126 e. The van der Waals surface area contributed by atoms with Crippen LogP contribution in [0.2, 0.25) is 0 Å². The quantitative estimate of drug-likeness (QED) is 0.845. The van der Waals surface area contributed by atoms with Crippen LogP contribution >= 0.6 is 0 Å². The molecule has 1 N–H and O–H groups in total. The summed E-state index contributed by atoms with van der Waals surface area (Å²) in [6, 6.07) is 15.3. The smallest absolute Gasteiger partial charge is 0.126 e. The molecular weight excluding hydrogens is 198 g/mol. The van der Waals surface area contributed by atoms with Gasteiger partial charge in [-0.15, -0.1) is 0 Å². The minimum absolute atomic E-state index is 0.682. The summed E-state index contributed by atoms with van der Waals surface area (Å²) in [4.78, 5) is 4.16. The number of anilines is 1. The fourth-order valence-corrected chi connectivity index (χ4v) is 1.36. The van der Waals surface area contributed by atoms with E-state index in [0.717, 1.165) is 11.4 Å². The highest BCUT2D eigenvalue weighted by Crippen LogP contribution is 2.06. The number of benzene rings is 1. The highest BCUT2D eigenvalue weighted by molar-refractivity contribution is 5.36. The van der Waals surface area contributed by atoms with E-state index in [2.05, 4.69) is 16.4 Å². The van der Waals surface area contributed by atoms with Crippen molar-refractivity contribution in [2.24, 2.45) is 0 Å². The normalized spacial score (nSPS) is 9.44. The number of aromatic nitrogens is 1. The summed E-state index contributed by atoms with van der Waals surface area (Å²) < 4.78 is 0. The molecule has 78 valence electrons. The van der Waals surface area contributed by atoms with Crippen LogP contribution < -0.4 is 5.32 Å². The van der Waals surface area contributed by atoms with Gasteiger partial charge in [0.1, 0.15) is 5.82 Å². The molecular formula is C13H11N3. The van der Waals surface area contributed by atoms with Crippen LogP contribution in [0.1, 0.15) is 11.1 Å². The van der Waals surface area contributed by atoms with Gasteiger partial charge in [0.25, 0.3) is 0 Å². The summed E-state index contributed by atoms with van der Waals surface area (Å²) >= 11 is 0. The zero-order chi connectivity index (χ0) is 11.2. The molecule has 0 bridgehead atoms. The van der Waals surface area contributed by atoms with Crippen LogP contribution in [0.3, 0.4) is 0 Å². The fourth-order valence-electron chi connectivity index (χ4n) is 1.36. The molecule has 0 spiro atoms. The summed E-state index contributed by atoms with van der Waals surface area (Å²) in [7, 11) is 0. The molecule has 0 saturated heterocycles. The Hall–Kier alpha value is -2.34. The van der Waals surface area contributed by atoms with Crippen molar-refractivity contribution >= 4 is 5.82 Å². The Kier molecular flexibility index (Phi) is 3.15. The lowest BCUT2D eigenvalue weighted by molar-refractivity contribution is 1.11. The molecule has 1 heterocycles. The molecule has 3 nitrogen and oxygen atoms in total. The number of nitriles is 1. The van der Waals surface area contributed by atoms with E-state index in [-0.39, 0.29) is 0 Å². The number of nitrogens with one attached hydrogen (secondary N) is 1. The van der Waals surface area contributed by atoms with Crippen molar-refractivity contribution in [1.82, 2.24) is 4.98 Å². The van der Waals surface area contributed by atoms with Crippen LogP contribution in [-0.2, 0) is 6.54 Å². The number of pyridine rings is 1. The first kappa shape index (κ1) is 10.2. The zero-order valence-corrected chi connectivity index (χ0v) is 8.72. The maximum atomic E-state index is 8.66. The predicted octanol–water partition coefficient (Wildman–Crippen LogP) is 2.57. The minimum Gasteiger partial charge on any atom is -0.366 e. The van der Waals surface area contributed by atoms with E-state index >= 15 is 0 Å². The second-order valence-corrected chi connectivity index (χ2v) is 3.38. The van der Waals surface area contributed by atoms with Crippen molar-refractivity contribution in [3.05, 3.63) is 59.8 Å². The van der Waals surface area contributed by atoms with Gasteiger partial charge in [0, 0.05) is 12.7 Å². The summed E-state index contributed by atoms with van der Waals surface area (Å²) in [5.41, 5.74) is 1.81. The van der Waals surface area contributed by atoms with E-state index in [1.807, 2.05) is 42.5 Å². The second-order valence-electron chi connectivity index (χ2n) is 3.38. The molecule has 0 atom stereocenters. The number of hydrogen-bond donors (Lipinski definition) is 1. The standard InChI is InChI=1S/C13H11N3/c14-9-11-4-6-12(7-5-11)10-16-13-3-1-2-8-15-13/h1-8H,10H2,(H,15,16).